The molecule has 1 aliphatic rings. The van der Waals surface area contributed by atoms with Crippen LogP contribution in [0.15, 0.2) is 70.8 Å². The SMILES string of the molecule is COc1cccc2cc(-c3nn(-c4ccccc4)cc3/C=C(/C#N)C(=O)N3CCCCC3)oc12. The van der Waals surface area contributed by atoms with Crippen molar-refractivity contribution in [1.82, 2.24) is 14.7 Å². The largest absolute Gasteiger partial charge is 0.493 e. The maximum Gasteiger partial charge on any atom is 0.264 e. The van der Waals surface area contributed by atoms with Crippen molar-refractivity contribution in [2.45, 2.75) is 19.3 Å². The molecule has 0 spiro atoms. The van der Waals surface area contributed by atoms with Gasteiger partial charge in [-0.05, 0) is 49.6 Å². The average Bonchev–Trinajstić information content (AvgIpc) is 3.52. The number of aromatic nitrogens is 2. The lowest BCUT2D eigenvalue weighted by molar-refractivity contribution is -0.127. The highest BCUT2D eigenvalue weighted by Crippen LogP contribution is 2.35. The highest BCUT2D eigenvalue weighted by molar-refractivity contribution is 6.02. The Bertz CT molecular complexity index is 1400. The van der Waals surface area contributed by atoms with Crippen LogP contribution in [-0.2, 0) is 4.79 Å². The number of nitrogens with zero attached hydrogens (tertiary/aromatic N) is 4. The summed E-state index contributed by atoms with van der Waals surface area (Å²) < 4.78 is 13.3. The summed E-state index contributed by atoms with van der Waals surface area (Å²) in [5, 5.41) is 15.5. The number of carbonyl (C=O) groups excluding carboxylic acids is 1. The van der Waals surface area contributed by atoms with Crippen molar-refractivity contribution in [3.05, 3.63) is 71.9 Å². The molecule has 1 fully saturated rings. The first-order chi connectivity index (χ1) is 16.7. The number of piperidine rings is 1. The summed E-state index contributed by atoms with van der Waals surface area (Å²) in [5.74, 6) is 0.913. The number of furan rings is 1. The van der Waals surface area contributed by atoms with Gasteiger partial charge in [0.2, 0.25) is 0 Å². The second-order valence-corrected chi connectivity index (χ2v) is 8.23. The summed E-state index contributed by atoms with van der Waals surface area (Å²) in [7, 11) is 1.60. The molecule has 2 aromatic carbocycles. The van der Waals surface area contributed by atoms with Crippen molar-refractivity contribution in [3.63, 3.8) is 0 Å². The smallest absolute Gasteiger partial charge is 0.264 e. The zero-order valence-corrected chi connectivity index (χ0v) is 18.9. The van der Waals surface area contributed by atoms with E-state index in [2.05, 4.69) is 6.07 Å². The third-order valence-corrected chi connectivity index (χ3v) is 6.02. The number of nitriles is 1. The first-order valence-electron chi connectivity index (χ1n) is 11.3. The summed E-state index contributed by atoms with van der Waals surface area (Å²) >= 11 is 0. The Morgan fingerprint density at radius 1 is 1.12 bits per heavy atom. The lowest BCUT2D eigenvalue weighted by Crippen LogP contribution is -2.36. The molecule has 7 nitrogen and oxygen atoms in total. The summed E-state index contributed by atoms with van der Waals surface area (Å²) in [6.45, 7) is 1.36. The maximum absolute atomic E-state index is 13.1. The van der Waals surface area contributed by atoms with Crippen molar-refractivity contribution < 1.29 is 13.9 Å². The van der Waals surface area contributed by atoms with E-state index >= 15 is 0 Å². The Kier molecular flexibility index (Phi) is 5.88. The monoisotopic (exact) mass is 452 g/mol. The predicted octanol–water partition coefficient (Wildman–Crippen LogP) is 5.21. The minimum atomic E-state index is -0.244. The molecule has 1 aliphatic heterocycles. The van der Waals surface area contributed by atoms with Gasteiger partial charge >= 0.3 is 0 Å². The third-order valence-electron chi connectivity index (χ3n) is 6.02. The number of carbonyl (C=O) groups is 1. The Morgan fingerprint density at radius 2 is 1.91 bits per heavy atom. The minimum Gasteiger partial charge on any atom is -0.493 e. The van der Waals surface area contributed by atoms with Crippen LogP contribution in [0, 0.1) is 11.3 Å². The summed E-state index contributed by atoms with van der Waals surface area (Å²) in [6, 6.07) is 19.3. The van der Waals surface area contributed by atoms with E-state index in [0.717, 1.165) is 30.3 Å². The minimum absolute atomic E-state index is 0.0875. The lowest BCUT2D eigenvalue weighted by atomic mass is 10.1. The standard InChI is InChI=1S/C27H24N4O3/c1-33-23-12-8-9-19-16-24(34-26(19)23)25-21(18-31(29-25)22-10-4-2-5-11-22)15-20(17-28)27(32)30-13-6-3-7-14-30/h2,4-5,8-12,15-16,18H,3,6-7,13-14H2,1H3/b20-15-. The fraction of sp³-hybridized carbons (Fsp3) is 0.222. The van der Waals surface area contributed by atoms with Crippen molar-refractivity contribution in [1.29, 1.82) is 5.26 Å². The number of fused-ring (bicyclic) bond motifs is 1. The molecular weight excluding hydrogens is 428 g/mol. The third kappa shape index (κ3) is 4.06. The van der Waals surface area contributed by atoms with Crippen LogP contribution in [0.4, 0.5) is 0 Å². The molecule has 3 heterocycles. The molecule has 0 radical (unpaired) electrons. The van der Waals surface area contributed by atoms with E-state index in [1.54, 1.807) is 22.8 Å². The average molecular weight is 453 g/mol. The highest BCUT2D eigenvalue weighted by atomic mass is 16.5. The van der Waals surface area contributed by atoms with Crippen molar-refractivity contribution in [2.24, 2.45) is 0 Å². The van der Waals surface area contributed by atoms with Crippen LogP contribution in [0.5, 0.6) is 5.75 Å². The van der Waals surface area contributed by atoms with Gasteiger partial charge in [-0.1, -0.05) is 30.3 Å². The van der Waals surface area contributed by atoms with Crippen LogP contribution in [0.2, 0.25) is 0 Å². The molecule has 0 bridgehead atoms. The van der Waals surface area contributed by atoms with Gasteiger partial charge in [0, 0.05) is 30.2 Å². The van der Waals surface area contributed by atoms with Crippen LogP contribution in [0.25, 0.3) is 34.2 Å². The molecule has 0 unspecified atom stereocenters. The van der Waals surface area contributed by atoms with Crippen LogP contribution < -0.4 is 4.74 Å². The Balaban J connectivity index is 1.63. The number of amides is 1. The maximum atomic E-state index is 13.1. The number of hydrogen-bond acceptors (Lipinski definition) is 5. The number of hydrogen-bond donors (Lipinski definition) is 0. The molecule has 0 N–H and O–H groups in total. The summed E-state index contributed by atoms with van der Waals surface area (Å²) in [4.78, 5) is 14.8. The first kappa shape index (κ1) is 21.5. The second-order valence-electron chi connectivity index (χ2n) is 8.23. The van der Waals surface area contributed by atoms with E-state index in [1.807, 2.05) is 60.8 Å². The Hall–Kier alpha value is -4.31. The van der Waals surface area contributed by atoms with Crippen LogP contribution >= 0.6 is 0 Å². The van der Waals surface area contributed by atoms with E-state index in [-0.39, 0.29) is 11.5 Å². The van der Waals surface area contributed by atoms with Gasteiger partial charge in [0.1, 0.15) is 17.3 Å². The fourth-order valence-corrected chi connectivity index (χ4v) is 4.28. The molecule has 0 saturated carbocycles. The molecule has 170 valence electrons. The van der Waals surface area contributed by atoms with Gasteiger partial charge < -0.3 is 14.1 Å². The van der Waals surface area contributed by atoms with Gasteiger partial charge in [0.15, 0.2) is 17.1 Å². The normalized spacial score (nSPS) is 14.2. The molecule has 2 aromatic heterocycles. The molecule has 34 heavy (non-hydrogen) atoms. The highest BCUT2D eigenvalue weighted by Gasteiger charge is 2.23. The topological polar surface area (TPSA) is 84.3 Å². The fourth-order valence-electron chi connectivity index (χ4n) is 4.28. The molecule has 0 aliphatic carbocycles. The van der Waals surface area contributed by atoms with E-state index in [1.165, 1.54) is 0 Å². The van der Waals surface area contributed by atoms with Gasteiger partial charge in [-0.2, -0.15) is 10.4 Å². The van der Waals surface area contributed by atoms with E-state index in [0.29, 0.717) is 41.4 Å². The molecule has 7 heteroatoms. The zero-order chi connectivity index (χ0) is 23.5. The Morgan fingerprint density at radius 3 is 2.65 bits per heavy atom. The van der Waals surface area contributed by atoms with E-state index in [4.69, 9.17) is 14.3 Å². The molecule has 4 aromatic rings. The van der Waals surface area contributed by atoms with Gasteiger partial charge in [-0.25, -0.2) is 4.68 Å². The van der Waals surface area contributed by atoms with Crippen LogP contribution in [-0.4, -0.2) is 40.8 Å². The molecule has 1 amide bonds. The first-order valence-corrected chi connectivity index (χ1v) is 11.3. The van der Waals surface area contributed by atoms with Crippen molar-refractivity contribution in [3.8, 4) is 29.0 Å². The van der Waals surface area contributed by atoms with Crippen molar-refractivity contribution >= 4 is 23.0 Å². The quantitative estimate of drug-likeness (QED) is 0.306. The number of methoxy groups -OCH3 is 1. The summed E-state index contributed by atoms with van der Waals surface area (Å²) in [6.07, 6.45) is 6.46. The molecule has 5 rings (SSSR count). The molecule has 1 saturated heterocycles. The number of benzene rings is 2. The number of rotatable bonds is 5. The number of likely N-dealkylation sites (tertiary alicyclic amines) is 1. The second kappa shape index (κ2) is 9.28. The molecular formula is C27H24N4O3. The van der Waals surface area contributed by atoms with Crippen molar-refractivity contribution in [2.75, 3.05) is 20.2 Å². The van der Waals surface area contributed by atoms with Gasteiger partial charge in [-0.15, -0.1) is 0 Å². The van der Waals surface area contributed by atoms with Gasteiger partial charge in [-0.3, -0.25) is 4.79 Å². The van der Waals surface area contributed by atoms with Gasteiger partial charge in [0.05, 0.1) is 12.8 Å². The van der Waals surface area contributed by atoms with E-state index < -0.39 is 0 Å². The van der Waals surface area contributed by atoms with Crippen LogP contribution in [0.3, 0.4) is 0 Å². The van der Waals surface area contributed by atoms with Crippen LogP contribution in [0.1, 0.15) is 24.8 Å². The number of para-hydroxylation sites is 2. The predicted molar refractivity (Wildman–Crippen MR) is 129 cm³/mol. The Labute approximate surface area is 197 Å². The van der Waals surface area contributed by atoms with E-state index in [9.17, 15) is 10.1 Å². The zero-order valence-electron chi connectivity index (χ0n) is 18.9. The lowest BCUT2D eigenvalue weighted by Gasteiger charge is -2.26. The van der Waals surface area contributed by atoms with Gasteiger partial charge in [0.25, 0.3) is 5.91 Å². The molecule has 0 atom stereocenters. The number of ether oxygens (including phenoxy) is 1. The summed E-state index contributed by atoms with van der Waals surface area (Å²) in [5.41, 5.74) is 2.74.